The second-order valence-electron chi connectivity index (χ2n) is 4.18. The van der Waals surface area contributed by atoms with Gasteiger partial charge < -0.3 is 10.0 Å². The standard InChI is InChI=1S/C14H23NO/c1-3-5-8-12-15(11-4-2)13-9-6-7-10-14(13)16/h6-7,9-10,16H,3-5,8,11-12H2,1-2H3. The van der Waals surface area contributed by atoms with Crippen molar-refractivity contribution in [2.24, 2.45) is 0 Å². The summed E-state index contributed by atoms with van der Waals surface area (Å²) in [7, 11) is 0. The third-order valence-corrected chi connectivity index (χ3v) is 2.75. The number of anilines is 1. The number of hydrogen-bond acceptors (Lipinski definition) is 2. The summed E-state index contributed by atoms with van der Waals surface area (Å²) in [5.41, 5.74) is 0.973. The maximum atomic E-state index is 9.82. The Balaban J connectivity index is 2.65. The van der Waals surface area contributed by atoms with Crippen molar-refractivity contribution in [3.63, 3.8) is 0 Å². The highest BCUT2D eigenvalue weighted by atomic mass is 16.3. The Morgan fingerprint density at radius 2 is 1.75 bits per heavy atom. The molecule has 0 unspecified atom stereocenters. The topological polar surface area (TPSA) is 23.5 Å². The van der Waals surface area contributed by atoms with Crippen molar-refractivity contribution in [1.29, 1.82) is 0 Å². The van der Waals surface area contributed by atoms with E-state index in [1.807, 2.05) is 18.2 Å². The Labute approximate surface area is 98.9 Å². The van der Waals surface area contributed by atoms with Crippen molar-refractivity contribution in [3.8, 4) is 5.75 Å². The summed E-state index contributed by atoms with van der Waals surface area (Å²) in [6.45, 7) is 6.44. The van der Waals surface area contributed by atoms with Gasteiger partial charge in [-0.05, 0) is 25.0 Å². The SMILES string of the molecule is CCCCCN(CCC)c1ccccc1O. The van der Waals surface area contributed by atoms with Crippen LogP contribution in [0.5, 0.6) is 5.75 Å². The van der Waals surface area contributed by atoms with Gasteiger partial charge in [-0.1, -0.05) is 38.8 Å². The van der Waals surface area contributed by atoms with Crippen LogP contribution in [0.2, 0.25) is 0 Å². The highest BCUT2D eigenvalue weighted by Gasteiger charge is 2.08. The first kappa shape index (κ1) is 12.9. The maximum absolute atomic E-state index is 9.82. The zero-order valence-corrected chi connectivity index (χ0v) is 10.4. The summed E-state index contributed by atoms with van der Waals surface area (Å²) in [5.74, 6) is 0.396. The third kappa shape index (κ3) is 3.76. The lowest BCUT2D eigenvalue weighted by atomic mass is 10.2. The van der Waals surface area contributed by atoms with Gasteiger partial charge in [-0.3, -0.25) is 0 Å². The van der Waals surface area contributed by atoms with E-state index in [1.54, 1.807) is 6.07 Å². The van der Waals surface area contributed by atoms with Crippen LogP contribution in [0, 0.1) is 0 Å². The normalized spacial score (nSPS) is 10.4. The molecule has 1 N–H and O–H groups in total. The molecule has 0 saturated carbocycles. The molecule has 0 aromatic heterocycles. The van der Waals surface area contributed by atoms with E-state index in [9.17, 15) is 5.11 Å². The monoisotopic (exact) mass is 221 g/mol. The summed E-state index contributed by atoms with van der Waals surface area (Å²) in [6.07, 6.45) is 4.81. The Kier molecular flexibility index (Phi) is 5.76. The van der Waals surface area contributed by atoms with Gasteiger partial charge in [0.05, 0.1) is 5.69 Å². The second kappa shape index (κ2) is 7.15. The lowest BCUT2D eigenvalue weighted by Crippen LogP contribution is -2.25. The Morgan fingerprint density at radius 3 is 2.38 bits per heavy atom. The van der Waals surface area contributed by atoms with Crippen LogP contribution in [0.25, 0.3) is 0 Å². The molecule has 1 aromatic rings. The zero-order valence-electron chi connectivity index (χ0n) is 10.4. The molecule has 0 amide bonds. The molecule has 0 aliphatic carbocycles. The minimum Gasteiger partial charge on any atom is -0.506 e. The molecule has 0 saturated heterocycles. The van der Waals surface area contributed by atoms with Crippen LogP contribution in [-0.4, -0.2) is 18.2 Å². The number of phenolic OH excluding ortho intramolecular Hbond substituents is 1. The Hall–Kier alpha value is -1.18. The molecule has 0 aliphatic heterocycles. The van der Waals surface area contributed by atoms with Crippen LogP contribution >= 0.6 is 0 Å². The van der Waals surface area contributed by atoms with Gasteiger partial charge in [0.15, 0.2) is 0 Å². The van der Waals surface area contributed by atoms with Crippen LogP contribution in [0.1, 0.15) is 39.5 Å². The average Bonchev–Trinajstić information content (AvgIpc) is 2.29. The van der Waals surface area contributed by atoms with Gasteiger partial charge in [-0.25, -0.2) is 0 Å². The van der Waals surface area contributed by atoms with Gasteiger partial charge in [0.2, 0.25) is 0 Å². The largest absolute Gasteiger partial charge is 0.506 e. The molecule has 0 heterocycles. The molecule has 0 atom stereocenters. The third-order valence-electron chi connectivity index (χ3n) is 2.75. The molecule has 1 aromatic carbocycles. The van der Waals surface area contributed by atoms with Gasteiger partial charge in [0.1, 0.15) is 5.75 Å². The number of hydrogen-bond donors (Lipinski definition) is 1. The van der Waals surface area contributed by atoms with Crippen molar-refractivity contribution in [1.82, 2.24) is 0 Å². The van der Waals surface area contributed by atoms with Crippen LogP contribution in [0.4, 0.5) is 5.69 Å². The van der Waals surface area contributed by atoms with E-state index in [2.05, 4.69) is 18.7 Å². The molecular weight excluding hydrogens is 198 g/mol. The van der Waals surface area contributed by atoms with Gasteiger partial charge in [-0.2, -0.15) is 0 Å². The molecular formula is C14H23NO. The summed E-state index contributed by atoms with van der Waals surface area (Å²) in [5, 5.41) is 9.82. The number of rotatable bonds is 7. The van der Waals surface area contributed by atoms with Crippen molar-refractivity contribution in [3.05, 3.63) is 24.3 Å². The fraction of sp³-hybridized carbons (Fsp3) is 0.571. The molecule has 2 nitrogen and oxygen atoms in total. The van der Waals surface area contributed by atoms with Gasteiger partial charge in [0, 0.05) is 13.1 Å². The number of benzene rings is 1. The van der Waals surface area contributed by atoms with Crippen LogP contribution in [0.3, 0.4) is 0 Å². The molecule has 16 heavy (non-hydrogen) atoms. The maximum Gasteiger partial charge on any atom is 0.138 e. The fourth-order valence-electron chi connectivity index (χ4n) is 1.91. The summed E-state index contributed by atoms with van der Waals surface area (Å²) < 4.78 is 0. The molecule has 0 spiro atoms. The molecule has 0 fully saturated rings. The van der Waals surface area contributed by atoms with Crippen molar-refractivity contribution < 1.29 is 5.11 Å². The van der Waals surface area contributed by atoms with Gasteiger partial charge in [0.25, 0.3) is 0 Å². The fourth-order valence-corrected chi connectivity index (χ4v) is 1.91. The average molecular weight is 221 g/mol. The van der Waals surface area contributed by atoms with Crippen molar-refractivity contribution >= 4 is 5.69 Å². The molecule has 1 rings (SSSR count). The first-order valence-electron chi connectivity index (χ1n) is 6.32. The van der Waals surface area contributed by atoms with E-state index in [0.29, 0.717) is 5.75 Å². The predicted octanol–water partition coefficient (Wildman–Crippen LogP) is 3.80. The van der Waals surface area contributed by atoms with E-state index < -0.39 is 0 Å². The summed E-state index contributed by atoms with van der Waals surface area (Å²) in [4.78, 5) is 2.28. The Bertz CT molecular complexity index is 299. The molecule has 2 heteroatoms. The number of phenols is 1. The number of para-hydroxylation sites is 2. The first-order chi connectivity index (χ1) is 7.79. The smallest absolute Gasteiger partial charge is 0.138 e. The van der Waals surface area contributed by atoms with E-state index in [4.69, 9.17) is 0 Å². The molecule has 90 valence electrons. The number of aromatic hydroxyl groups is 1. The van der Waals surface area contributed by atoms with E-state index in [-0.39, 0.29) is 0 Å². The molecule has 0 radical (unpaired) electrons. The highest BCUT2D eigenvalue weighted by molar-refractivity contribution is 5.57. The minimum absolute atomic E-state index is 0.396. The predicted molar refractivity (Wildman–Crippen MR) is 70.1 cm³/mol. The second-order valence-corrected chi connectivity index (χ2v) is 4.18. The summed E-state index contributed by atoms with van der Waals surface area (Å²) >= 11 is 0. The zero-order chi connectivity index (χ0) is 11.8. The summed E-state index contributed by atoms with van der Waals surface area (Å²) in [6, 6.07) is 7.61. The van der Waals surface area contributed by atoms with Gasteiger partial charge >= 0.3 is 0 Å². The van der Waals surface area contributed by atoms with Gasteiger partial charge in [-0.15, -0.1) is 0 Å². The van der Waals surface area contributed by atoms with E-state index in [0.717, 1.165) is 25.2 Å². The van der Waals surface area contributed by atoms with Crippen molar-refractivity contribution in [2.45, 2.75) is 39.5 Å². The van der Waals surface area contributed by atoms with Crippen molar-refractivity contribution in [2.75, 3.05) is 18.0 Å². The lowest BCUT2D eigenvalue weighted by molar-refractivity contribution is 0.473. The number of unbranched alkanes of at least 4 members (excludes halogenated alkanes) is 2. The van der Waals surface area contributed by atoms with Crippen LogP contribution in [-0.2, 0) is 0 Å². The minimum atomic E-state index is 0.396. The van der Waals surface area contributed by atoms with Crippen LogP contribution in [0.15, 0.2) is 24.3 Å². The lowest BCUT2D eigenvalue weighted by Gasteiger charge is -2.25. The Morgan fingerprint density at radius 1 is 1.00 bits per heavy atom. The van der Waals surface area contributed by atoms with E-state index in [1.165, 1.54) is 19.3 Å². The number of nitrogens with zero attached hydrogens (tertiary/aromatic N) is 1. The van der Waals surface area contributed by atoms with E-state index >= 15 is 0 Å². The first-order valence-corrected chi connectivity index (χ1v) is 6.32. The van der Waals surface area contributed by atoms with Crippen LogP contribution < -0.4 is 4.90 Å². The molecule has 0 bridgehead atoms. The quantitative estimate of drug-likeness (QED) is 0.708. The molecule has 0 aliphatic rings. The highest BCUT2D eigenvalue weighted by Crippen LogP contribution is 2.26.